The van der Waals surface area contributed by atoms with Gasteiger partial charge in [0, 0.05) is 31.0 Å². The van der Waals surface area contributed by atoms with Gasteiger partial charge in [0.25, 0.3) is 0 Å². The quantitative estimate of drug-likeness (QED) is 0.874. The highest BCUT2D eigenvalue weighted by Gasteiger charge is 2.26. The molecule has 2 saturated heterocycles. The first-order valence-corrected chi connectivity index (χ1v) is 9.85. The highest BCUT2D eigenvalue weighted by atomic mass is 16.5. The molecule has 0 saturated carbocycles. The Morgan fingerprint density at radius 2 is 1.96 bits per heavy atom. The zero-order chi connectivity index (χ0) is 18.6. The number of piperidine rings is 1. The van der Waals surface area contributed by atoms with E-state index in [4.69, 9.17) is 4.52 Å². The van der Waals surface area contributed by atoms with Crippen molar-refractivity contribution in [3.05, 3.63) is 36.0 Å². The molecule has 1 N–H and O–H groups in total. The van der Waals surface area contributed by atoms with Crippen molar-refractivity contribution in [1.82, 2.24) is 15.0 Å². The standard InChI is InChI=1S/C20H27N5O2/c1-15-21-20(27-23-15)16-5-4-10-24(13-16)14-19(26)22-17-6-8-18(9-7-17)25-11-2-3-12-25/h6-9,16H,2-5,10-14H2,1H3,(H,22,26). The summed E-state index contributed by atoms with van der Waals surface area (Å²) in [6.07, 6.45) is 4.58. The maximum atomic E-state index is 12.5. The van der Waals surface area contributed by atoms with Gasteiger partial charge in [0.15, 0.2) is 5.82 Å². The van der Waals surface area contributed by atoms with E-state index in [0.717, 1.165) is 44.7 Å². The fraction of sp³-hybridized carbons (Fsp3) is 0.550. The molecule has 1 atom stereocenters. The predicted octanol–water partition coefficient (Wildman–Crippen LogP) is 2.80. The molecule has 0 aliphatic carbocycles. The summed E-state index contributed by atoms with van der Waals surface area (Å²) in [5, 5.41) is 6.90. The van der Waals surface area contributed by atoms with E-state index in [9.17, 15) is 4.79 Å². The average molecular weight is 369 g/mol. The fourth-order valence-electron chi connectivity index (χ4n) is 4.01. The SMILES string of the molecule is Cc1noc(C2CCCN(CC(=O)Nc3ccc(N4CCCC4)cc3)C2)n1. The Morgan fingerprint density at radius 3 is 2.67 bits per heavy atom. The van der Waals surface area contributed by atoms with Crippen LogP contribution < -0.4 is 10.2 Å². The second kappa shape index (κ2) is 8.08. The summed E-state index contributed by atoms with van der Waals surface area (Å²) in [6, 6.07) is 8.17. The molecular formula is C20H27N5O2. The van der Waals surface area contributed by atoms with Gasteiger partial charge < -0.3 is 14.7 Å². The maximum absolute atomic E-state index is 12.5. The van der Waals surface area contributed by atoms with E-state index in [2.05, 4.69) is 37.4 Å². The van der Waals surface area contributed by atoms with Crippen LogP contribution >= 0.6 is 0 Å². The van der Waals surface area contributed by atoms with Gasteiger partial charge in [0.2, 0.25) is 11.8 Å². The molecular weight excluding hydrogens is 342 g/mol. The molecule has 7 heteroatoms. The van der Waals surface area contributed by atoms with Gasteiger partial charge in [-0.2, -0.15) is 4.98 Å². The molecule has 2 aliphatic heterocycles. The predicted molar refractivity (Wildman–Crippen MR) is 104 cm³/mol. The molecule has 1 amide bonds. The zero-order valence-corrected chi connectivity index (χ0v) is 15.9. The van der Waals surface area contributed by atoms with Gasteiger partial charge in [-0.1, -0.05) is 5.16 Å². The summed E-state index contributed by atoms with van der Waals surface area (Å²) < 4.78 is 5.31. The molecule has 27 heavy (non-hydrogen) atoms. The van der Waals surface area contributed by atoms with Crippen LogP contribution in [0.2, 0.25) is 0 Å². The third-order valence-corrected chi connectivity index (χ3v) is 5.39. The van der Waals surface area contributed by atoms with Crippen LogP contribution in [0.25, 0.3) is 0 Å². The maximum Gasteiger partial charge on any atom is 0.238 e. The number of aromatic nitrogens is 2. The minimum atomic E-state index is 0.0197. The van der Waals surface area contributed by atoms with Crippen molar-refractivity contribution >= 4 is 17.3 Å². The molecule has 1 aromatic heterocycles. The Kier molecular flexibility index (Phi) is 5.38. The third-order valence-electron chi connectivity index (χ3n) is 5.39. The van der Waals surface area contributed by atoms with Gasteiger partial charge in [-0.3, -0.25) is 9.69 Å². The second-order valence-corrected chi connectivity index (χ2v) is 7.54. The van der Waals surface area contributed by atoms with E-state index in [0.29, 0.717) is 18.3 Å². The molecule has 2 aliphatic rings. The van der Waals surface area contributed by atoms with Crippen molar-refractivity contribution in [2.45, 2.75) is 38.5 Å². The Balaban J connectivity index is 1.29. The van der Waals surface area contributed by atoms with E-state index >= 15 is 0 Å². The van der Waals surface area contributed by atoms with Gasteiger partial charge in [-0.25, -0.2) is 0 Å². The van der Waals surface area contributed by atoms with Gasteiger partial charge in [-0.05, 0) is 63.4 Å². The van der Waals surface area contributed by atoms with E-state index in [1.807, 2.05) is 19.1 Å². The molecule has 2 aromatic rings. The Bertz CT molecular complexity index is 767. The van der Waals surface area contributed by atoms with Crippen LogP contribution in [0.15, 0.2) is 28.8 Å². The van der Waals surface area contributed by atoms with Crippen LogP contribution in [0, 0.1) is 6.92 Å². The topological polar surface area (TPSA) is 74.5 Å². The first-order valence-electron chi connectivity index (χ1n) is 9.85. The minimum absolute atomic E-state index is 0.0197. The molecule has 0 bridgehead atoms. The van der Waals surface area contributed by atoms with E-state index < -0.39 is 0 Å². The highest BCUT2D eigenvalue weighted by molar-refractivity contribution is 5.92. The van der Waals surface area contributed by atoms with Crippen molar-refractivity contribution in [1.29, 1.82) is 0 Å². The number of carbonyl (C=O) groups excluding carboxylic acids is 1. The van der Waals surface area contributed by atoms with Crippen molar-refractivity contribution < 1.29 is 9.32 Å². The van der Waals surface area contributed by atoms with Crippen LogP contribution in [-0.2, 0) is 4.79 Å². The number of benzene rings is 1. The van der Waals surface area contributed by atoms with Gasteiger partial charge in [0.1, 0.15) is 0 Å². The van der Waals surface area contributed by atoms with Crippen LogP contribution in [0.5, 0.6) is 0 Å². The van der Waals surface area contributed by atoms with Gasteiger partial charge in [-0.15, -0.1) is 0 Å². The summed E-state index contributed by atoms with van der Waals surface area (Å²) in [6.45, 7) is 6.17. The molecule has 2 fully saturated rings. The zero-order valence-electron chi connectivity index (χ0n) is 15.9. The lowest BCUT2D eigenvalue weighted by molar-refractivity contribution is -0.117. The lowest BCUT2D eigenvalue weighted by Gasteiger charge is -2.30. The average Bonchev–Trinajstić information content (AvgIpc) is 3.34. The molecule has 144 valence electrons. The van der Waals surface area contributed by atoms with Crippen molar-refractivity contribution in [2.75, 3.05) is 42.9 Å². The Labute approximate surface area is 159 Å². The first-order chi connectivity index (χ1) is 13.2. The summed E-state index contributed by atoms with van der Waals surface area (Å²) in [4.78, 5) is 21.4. The minimum Gasteiger partial charge on any atom is -0.372 e. The molecule has 7 nitrogen and oxygen atoms in total. The number of hydrogen-bond donors (Lipinski definition) is 1. The molecule has 1 unspecified atom stereocenters. The summed E-state index contributed by atoms with van der Waals surface area (Å²) in [7, 11) is 0. The second-order valence-electron chi connectivity index (χ2n) is 7.54. The molecule has 3 heterocycles. The van der Waals surface area contributed by atoms with Crippen LogP contribution in [0.3, 0.4) is 0 Å². The smallest absolute Gasteiger partial charge is 0.238 e. The van der Waals surface area contributed by atoms with E-state index in [-0.39, 0.29) is 11.8 Å². The number of rotatable bonds is 5. The van der Waals surface area contributed by atoms with Gasteiger partial charge in [0.05, 0.1) is 12.5 Å². The summed E-state index contributed by atoms with van der Waals surface area (Å²) >= 11 is 0. The van der Waals surface area contributed by atoms with E-state index in [1.165, 1.54) is 18.5 Å². The Hall–Kier alpha value is -2.41. The molecule has 4 rings (SSSR count). The van der Waals surface area contributed by atoms with Crippen molar-refractivity contribution in [3.8, 4) is 0 Å². The third kappa shape index (κ3) is 4.47. The number of carbonyl (C=O) groups is 1. The van der Waals surface area contributed by atoms with Crippen LogP contribution in [0.1, 0.15) is 43.3 Å². The van der Waals surface area contributed by atoms with Crippen LogP contribution in [0.4, 0.5) is 11.4 Å². The number of likely N-dealkylation sites (tertiary alicyclic amines) is 1. The monoisotopic (exact) mass is 369 g/mol. The van der Waals surface area contributed by atoms with Crippen molar-refractivity contribution in [3.63, 3.8) is 0 Å². The molecule has 1 aromatic carbocycles. The fourth-order valence-corrected chi connectivity index (χ4v) is 4.01. The number of hydrogen-bond acceptors (Lipinski definition) is 6. The lowest BCUT2D eigenvalue weighted by atomic mass is 9.98. The number of nitrogens with zero attached hydrogens (tertiary/aromatic N) is 4. The number of amides is 1. The number of anilines is 2. The number of aryl methyl sites for hydroxylation is 1. The van der Waals surface area contributed by atoms with Gasteiger partial charge >= 0.3 is 0 Å². The van der Waals surface area contributed by atoms with Crippen LogP contribution in [-0.4, -0.2) is 53.7 Å². The van der Waals surface area contributed by atoms with E-state index in [1.54, 1.807) is 0 Å². The Morgan fingerprint density at radius 1 is 1.19 bits per heavy atom. The normalized spacial score (nSPS) is 20.8. The molecule has 0 radical (unpaired) electrons. The first kappa shape index (κ1) is 18.0. The number of nitrogens with one attached hydrogen (secondary N) is 1. The highest BCUT2D eigenvalue weighted by Crippen LogP contribution is 2.26. The summed E-state index contributed by atoms with van der Waals surface area (Å²) in [5.74, 6) is 1.59. The lowest BCUT2D eigenvalue weighted by Crippen LogP contribution is -2.39. The molecule has 0 spiro atoms. The summed E-state index contributed by atoms with van der Waals surface area (Å²) in [5.41, 5.74) is 2.09. The van der Waals surface area contributed by atoms with Crippen molar-refractivity contribution in [2.24, 2.45) is 0 Å². The largest absolute Gasteiger partial charge is 0.372 e.